The number of carbonyl (C=O) groups is 1. The van der Waals surface area contributed by atoms with Crippen molar-refractivity contribution in [3.8, 4) is 5.75 Å². The number of benzene rings is 1. The summed E-state index contributed by atoms with van der Waals surface area (Å²) in [5, 5.41) is 9.18. The molecule has 2 fully saturated rings. The van der Waals surface area contributed by atoms with Crippen molar-refractivity contribution in [2.24, 2.45) is 0 Å². The third-order valence-corrected chi connectivity index (χ3v) is 4.84. The predicted molar refractivity (Wildman–Crippen MR) is 76.6 cm³/mol. The maximum atomic E-state index is 10.9. The lowest BCUT2D eigenvalue weighted by Gasteiger charge is -2.36. The molecule has 0 amide bonds. The molecule has 3 atom stereocenters. The van der Waals surface area contributed by atoms with Crippen LogP contribution in [0.5, 0.6) is 5.75 Å². The predicted octanol–water partition coefficient (Wildman–Crippen LogP) is 3.04. The summed E-state index contributed by atoms with van der Waals surface area (Å²) in [4.78, 5) is 13.4. The lowest BCUT2D eigenvalue weighted by Crippen LogP contribution is -2.43. The summed E-state index contributed by atoms with van der Waals surface area (Å²) in [6.45, 7) is 0. The lowest BCUT2D eigenvalue weighted by atomic mass is 10.0. The normalized spacial score (nSPS) is 29.4. The van der Waals surface area contributed by atoms with E-state index >= 15 is 0 Å². The van der Waals surface area contributed by atoms with Gasteiger partial charge in [-0.1, -0.05) is 11.6 Å². The molecule has 4 nitrogen and oxygen atoms in total. The molecule has 0 spiro atoms. The van der Waals surface area contributed by atoms with Gasteiger partial charge in [0, 0.05) is 12.1 Å². The number of carboxylic acid groups (broad SMARTS) is 1. The molecule has 1 aromatic carbocycles. The fourth-order valence-corrected chi connectivity index (χ4v) is 3.64. The van der Waals surface area contributed by atoms with Crippen LogP contribution in [-0.4, -0.2) is 41.2 Å². The maximum absolute atomic E-state index is 10.9. The highest BCUT2D eigenvalue weighted by atomic mass is 35.5. The zero-order valence-electron chi connectivity index (χ0n) is 11.4. The van der Waals surface area contributed by atoms with Crippen LogP contribution in [0.3, 0.4) is 0 Å². The number of piperidine rings is 1. The van der Waals surface area contributed by atoms with Gasteiger partial charge >= 0.3 is 5.97 Å². The van der Waals surface area contributed by atoms with Gasteiger partial charge in [-0.25, -0.2) is 4.79 Å². The molecule has 2 saturated heterocycles. The van der Waals surface area contributed by atoms with Crippen LogP contribution in [0.15, 0.2) is 18.2 Å². The molecule has 1 N–H and O–H groups in total. The zero-order valence-corrected chi connectivity index (χ0v) is 12.1. The van der Waals surface area contributed by atoms with Crippen LogP contribution < -0.4 is 4.74 Å². The van der Waals surface area contributed by atoms with E-state index < -0.39 is 5.97 Å². The topological polar surface area (TPSA) is 49.8 Å². The first-order valence-electron chi connectivity index (χ1n) is 6.96. The van der Waals surface area contributed by atoms with Crippen LogP contribution in [0, 0.1) is 0 Å². The monoisotopic (exact) mass is 295 g/mol. The SMILES string of the molecule is CN1[C@@H]2CC[C@H]1CC(Oc1ccc(C(=O)O)c(Cl)c1)C2. The number of hydrogen-bond acceptors (Lipinski definition) is 3. The molecule has 2 aliphatic heterocycles. The van der Waals surface area contributed by atoms with E-state index in [9.17, 15) is 4.79 Å². The molecule has 3 rings (SSSR count). The number of nitrogens with zero attached hydrogens (tertiary/aromatic N) is 1. The number of fused-ring (bicyclic) bond motifs is 2. The van der Waals surface area contributed by atoms with E-state index in [0.717, 1.165) is 12.8 Å². The van der Waals surface area contributed by atoms with Gasteiger partial charge in [-0.3, -0.25) is 0 Å². The van der Waals surface area contributed by atoms with E-state index in [4.69, 9.17) is 21.4 Å². The quantitative estimate of drug-likeness (QED) is 0.931. The van der Waals surface area contributed by atoms with Crippen molar-refractivity contribution in [1.82, 2.24) is 4.90 Å². The molecular formula is C15H18ClNO3. The van der Waals surface area contributed by atoms with Crippen molar-refractivity contribution in [1.29, 1.82) is 0 Å². The minimum atomic E-state index is -1.01. The Morgan fingerprint density at radius 1 is 1.35 bits per heavy atom. The van der Waals surface area contributed by atoms with Gasteiger partial charge in [0.2, 0.25) is 0 Å². The molecule has 0 radical (unpaired) electrons. The number of ether oxygens (including phenoxy) is 1. The number of carboxylic acids is 1. The summed E-state index contributed by atoms with van der Waals surface area (Å²) in [6.07, 6.45) is 4.77. The minimum Gasteiger partial charge on any atom is -0.490 e. The standard InChI is InChI=1S/C15H18ClNO3/c1-17-9-2-3-10(17)7-12(6-9)20-11-4-5-13(15(18)19)14(16)8-11/h4-5,8-10,12H,2-3,6-7H2,1H3,(H,18,19)/t9-,10+,12?. The summed E-state index contributed by atoms with van der Waals surface area (Å²) in [5.41, 5.74) is 0.113. The van der Waals surface area contributed by atoms with Crippen LogP contribution >= 0.6 is 11.6 Å². The number of halogens is 1. The largest absolute Gasteiger partial charge is 0.490 e. The van der Waals surface area contributed by atoms with Gasteiger partial charge in [-0.15, -0.1) is 0 Å². The fourth-order valence-electron chi connectivity index (χ4n) is 3.39. The van der Waals surface area contributed by atoms with Gasteiger partial charge in [-0.2, -0.15) is 0 Å². The van der Waals surface area contributed by atoms with E-state index in [2.05, 4.69) is 11.9 Å². The summed E-state index contributed by atoms with van der Waals surface area (Å²) in [6, 6.07) is 6.03. The zero-order chi connectivity index (χ0) is 14.3. The maximum Gasteiger partial charge on any atom is 0.337 e. The second kappa shape index (κ2) is 5.26. The Morgan fingerprint density at radius 3 is 2.55 bits per heavy atom. The van der Waals surface area contributed by atoms with Gasteiger partial charge in [0.1, 0.15) is 11.9 Å². The first-order valence-corrected chi connectivity index (χ1v) is 7.34. The van der Waals surface area contributed by atoms with Gasteiger partial charge in [0.05, 0.1) is 10.6 Å². The van der Waals surface area contributed by atoms with Crippen LogP contribution in [0.2, 0.25) is 5.02 Å². The highest BCUT2D eigenvalue weighted by molar-refractivity contribution is 6.33. The molecular weight excluding hydrogens is 278 g/mol. The van der Waals surface area contributed by atoms with Gasteiger partial charge in [0.15, 0.2) is 0 Å². The molecule has 5 heteroatoms. The smallest absolute Gasteiger partial charge is 0.337 e. The third-order valence-electron chi connectivity index (χ3n) is 4.53. The van der Waals surface area contributed by atoms with Crippen molar-refractivity contribution >= 4 is 17.6 Å². The first-order chi connectivity index (χ1) is 9.54. The molecule has 0 saturated carbocycles. The summed E-state index contributed by atoms with van der Waals surface area (Å²) >= 11 is 5.97. The van der Waals surface area contributed by atoms with Gasteiger partial charge < -0.3 is 14.7 Å². The summed E-state index contributed by atoms with van der Waals surface area (Å²) in [7, 11) is 2.19. The Bertz CT molecular complexity index is 520. The molecule has 0 aromatic heterocycles. The summed E-state index contributed by atoms with van der Waals surface area (Å²) < 4.78 is 6.00. The van der Waals surface area contributed by atoms with Gasteiger partial charge in [0.25, 0.3) is 0 Å². The average molecular weight is 296 g/mol. The Balaban J connectivity index is 1.70. The van der Waals surface area contributed by atoms with Gasteiger partial charge in [-0.05, 0) is 50.9 Å². The van der Waals surface area contributed by atoms with E-state index in [1.165, 1.54) is 18.9 Å². The number of hydrogen-bond donors (Lipinski definition) is 1. The van der Waals surface area contributed by atoms with Crippen LogP contribution in [0.25, 0.3) is 0 Å². The van der Waals surface area contributed by atoms with Crippen molar-refractivity contribution in [3.05, 3.63) is 28.8 Å². The Hall–Kier alpha value is -1.26. The Labute approximate surface area is 123 Å². The van der Waals surface area contributed by atoms with E-state index in [-0.39, 0.29) is 16.7 Å². The van der Waals surface area contributed by atoms with E-state index in [1.54, 1.807) is 12.1 Å². The van der Waals surface area contributed by atoms with E-state index in [0.29, 0.717) is 17.8 Å². The van der Waals surface area contributed by atoms with Crippen LogP contribution in [0.4, 0.5) is 0 Å². The highest BCUT2D eigenvalue weighted by Gasteiger charge is 2.39. The van der Waals surface area contributed by atoms with Crippen molar-refractivity contribution in [2.75, 3.05) is 7.05 Å². The second-order valence-electron chi connectivity index (χ2n) is 5.71. The van der Waals surface area contributed by atoms with Crippen molar-refractivity contribution < 1.29 is 14.6 Å². The number of aromatic carboxylic acids is 1. The highest BCUT2D eigenvalue weighted by Crippen LogP contribution is 2.36. The van der Waals surface area contributed by atoms with Crippen LogP contribution in [-0.2, 0) is 0 Å². The minimum absolute atomic E-state index is 0.113. The van der Waals surface area contributed by atoms with E-state index in [1.807, 2.05) is 0 Å². The molecule has 20 heavy (non-hydrogen) atoms. The average Bonchev–Trinajstić information content (AvgIpc) is 2.62. The Morgan fingerprint density at radius 2 is 2.00 bits per heavy atom. The molecule has 2 aliphatic rings. The van der Waals surface area contributed by atoms with Crippen molar-refractivity contribution in [2.45, 2.75) is 43.9 Å². The molecule has 1 aromatic rings. The second-order valence-corrected chi connectivity index (χ2v) is 6.12. The molecule has 0 aliphatic carbocycles. The third kappa shape index (κ3) is 2.50. The molecule has 108 valence electrons. The number of rotatable bonds is 3. The molecule has 1 unspecified atom stereocenters. The first kappa shape index (κ1) is 13.7. The van der Waals surface area contributed by atoms with Crippen LogP contribution in [0.1, 0.15) is 36.0 Å². The Kier molecular flexibility index (Phi) is 3.61. The molecule has 2 bridgehead atoms. The van der Waals surface area contributed by atoms with Crippen molar-refractivity contribution in [3.63, 3.8) is 0 Å². The fraction of sp³-hybridized carbons (Fsp3) is 0.533. The molecule has 2 heterocycles. The lowest BCUT2D eigenvalue weighted by molar-refractivity contribution is 0.0661. The summed E-state index contributed by atoms with van der Waals surface area (Å²) in [5.74, 6) is -0.354.